The zero-order valence-electron chi connectivity index (χ0n) is 17.3. The third-order valence-corrected chi connectivity index (χ3v) is 6.12. The molecule has 1 amide bonds. The van der Waals surface area contributed by atoms with Gasteiger partial charge < -0.3 is 5.32 Å². The molecule has 0 saturated carbocycles. The van der Waals surface area contributed by atoms with Crippen molar-refractivity contribution in [3.05, 3.63) is 97.8 Å². The molecule has 0 aliphatic heterocycles. The zero-order chi connectivity index (χ0) is 23.5. The Morgan fingerprint density at radius 2 is 1.88 bits per heavy atom. The van der Waals surface area contributed by atoms with Crippen LogP contribution in [0.25, 0.3) is 16.6 Å². The minimum atomic E-state index is -0.566. The summed E-state index contributed by atoms with van der Waals surface area (Å²) in [6.07, 6.45) is 0. The van der Waals surface area contributed by atoms with Crippen LogP contribution in [-0.2, 0) is 4.79 Å². The van der Waals surface area contributed by atoms with Gasteiger partial charge in [-0.3, -0.25) is 24.3 Å². The maximum atomic E-state index is 13.3. The molecule has 10 heteroatoms. The highest BCUT2D eigenvalue weighted by Crippen LogP contribution is 2.28. The summed E-state index contributed by atoms with van der Waals surface area (Å²) in [4.78, 5) is 40.8. The number of thioether (sulfide) groups is 1. The van der Waals surface area contributed by atoms with Crippen molar-refractivity contribution in [2.24, 2.45) is 0 Å². The van der Waals surface area contributed by atoms with Crippen LogP contribution in [0.15, 0.2) is 76.7 Å². The van der Waals surface area contributed by atoms with Crippen molar-refractivity contribution in [1.82, 2.24) is 9.55 Å². The van der Waals surface area contributed by atoms with E-state index in [0.717, 1.165) is 17.3 Å². The van der Waals surface area contributed by atoms with Gasteiger partial charge in [0.15, 0.2) is 5.16 Å². The minimum absolute atomic E-state index is 0.0516. The molecule has 1 heterocycles. The van der Waals surface area contributed by atoms with E-state index in [9.17, 15) is 19.7 Å². The van der Waals surface area contributed by atoms with Gasteiger partial charge in [0.25, 0.3) is 11.2 Å². The summed E-state index contributed by atoms with van der Waals surface area (Å²) in [6.45, 7) is 1.90. The summed E-state index contributed by atoms with van der Waals surface area (Å²) in [5, 5.41) is 14.4. The second-order valence-corrected chi connectivity index (χ2v) is 8.45. The van der Waals surface area contributed by atoms with E-state index in [2.05, 4.69) is 10.3 Å². The first-order chi connectivity index (χ1) is 15.8. The van der Waals surface area contributed by atoms with Crippen molar-refractivity contribution in [2.45, 2.75) is 12.1 Å². The number of benzene rings is 3. The number of nitrogens with zero attached hydrogens (tertiary/aromatic N) is 3. The number of nitro groups is 1. The molecule has 1 aromatic heterocycles. The van der Waals surface area contributed by atoms with Crippen molar-refractivity contribution in [3.63, 3.8) is 0 Å². The number of nitro benzene ring substituents is 1. The molecule has 0 unspecified atom stereocenters. The maximum Gasteiger partial charge on any atom is 0.271 e. The quantitative estimate of drug-likeness (QED) is 0.180. The van der Waals surface area contributed by atoms with E-state index in [4.69, 9.17) is 11.6 Å². The Labute approximate surface area is 197 Å². The van der Waals surface area contributed by atoms with Crippen LogP contribution >= 0.6 is 23.4 Å². The van der Waals surface area contributed by atoms with E-state index in [-0.39, 0.29) is 27.7 Å². The van der Waals surface area contributed by atoms with Crippen molar-refractivity contribution in [1.29, 1.82) is 0 Å². The molecule has 4 rings (SSSR count). The molecule has 166 valence electrons. The number of hydrogen-bond donors (Lipinski definition) is 1. The summed E-state index contributed by atoms with van der Waals surface area (Å²) >= 11 is 7.17. The molecule has 0 radical (unpaired) electrons. The third kappa shape index (κ3) is 4.74. The average molecular weight is 481 g/mol. The Balaban J connectivity index is 1.64. The van der Waals surface area contributed by atoms with Gasteiger partial charge in [-0.05, 0) is 36.8 Å². The summed E-state index contributed by atoms with van der Waals surface area (Å²) in [5.74, 6) is -0.446. The van der Waals surface area contributed by atoms with Crippen LogP contribution in [0, 0.1) is 17.0 Å². The minimum Gasteiger partial charge on any atom is -0.324 e. The monoisotopic (exact) mass is 480 g/mol. The van der Waals surface area contributed by atoms with Crippen LogP contribution in [0.1, 0.15) is 5.56 Å². The number of carbonyl (C=O) groups excluding carboxylic acids is 1. The molecule has 0 spiro atoms. The second-order valence-electron chi connectivity index (χ2n) is 7.10. The molecule has 0 bridgehead atoms. The molecule has 1 N–H and O–H groups in total. The average Bonchev–Trinajstić information content (AvgIpc) is 2.80. The number of nitrogens with one attached hydrogen (secondary N) is 1. The molecule has 33 heavy (non-hydrogen) atoms. The number of fused-ring (bicyclic) bond motifs is 1. The summed E-state index contributed by atoms with van der Waals surface area (Å²) in [7, 11) is 0. The predicted octanol–water partition coefficient (Wildman–Crippen LogP) is 4.99. The number of halogens is 1. The normalized spacial score (nSPS) is 10.8. The highest BCUT2D eigenvalue weighted by Gasteiger charge is 2.17. The van der Waals surface area contributed by atoms with Crippen molar-refractivity contribution in [3.8, 4) is 5.69 Å². The summed E-state index contributed by atoms with van der Waals surface area (Å²) in [5.41, 5.74) is 1.97. The van der Waals surface area contributed by atoms with Gasteiger partial charge in [0.2, 0.25) is 5.91 Å². The van der Waals surface area contributed by atoms with Crippen molar-refractivity contribution >= 4 is 51.5 Å². The van der Waals surface area contributed by atoms with Gasteiger partial charge in [-0.2, -0.15) is 0 Å². The molecule has 0 aliphatic rings. The summed E-state index contributed by atoms with van der Waals surface area (Å²) < 4.78 is 1.51. The van der Waals surface area contributed by atoms with E-state index in [0.29, 0.717) is 21.7 Å². The molecular formula is C23H17ClN4O4S. The number of hydrogen-bond acceptors (Lipinski definition) is 6. The molecule has 4 aromatic rings. The van der Waals surface area contributed by atoms with Crippen molar-refractivity contribution < 1.29 is 9.72 Å². The fraction of sp³-hybridized carbons (Fsp3) is 0.0870. The van der Waals surface area contributed by atoms with Gasteiger partial charge in [-0.1, -0.05) is 53.7 Å². The number of aromatic nitrogens is 2. The first kappa shape index (κ1) is 22.5. The molecule has 3 aromatic carbocycles. The lowest BCUT2D eigenvalue weighted by Gasteiger charge is -2.15. The van der Waals surface area contributed by atoms with Crippen LogP contribution in [0.4, 0.5) is 11.4 Å². The third-order valence-electron chi connectivity index (χ3n) is 4.87. The first-order valence-electron chi connectivity index (χ1n) is 9.79. The number of non-ortho nitro benzene ring substituents is 1. The molecule has 0 saturated heterocycles. The van der Waals surface area contributed by atoms with Crippen LogP contribution in [0.3, 0.4) is 0 Å². The van der Waals surface area contributed by atoms with E-state index in [1.54, 1.807) is 24.3 Å². The largest absolute Gasteiger partial charge is 0.324 e. The smallest absolute Gasteiger partial charge is 0.271 e. The highest BCUT2D eigenvalue weighted by atomic mass is 35.5. The van der Waals surface area contributed by atoms with Gasteiger partial charge in [0.1, 0.15) is 0 Å². The highest BCUT2D eigenvalue weighted by molar-refractivity contribution is 7.99. The Kier molecular flexibility index (Phi) is 6.43. The second kappa shape index (κ2) is 9.43. The van der Waals surface area contributed by atoms with Crippen LogP contribution < -0.4 is 10.9 Å². The lowest BCUT2D eigenvalue weighted by atomic mass is 10.2. The van der Waals surface area contributed by atoms with Gasteiger partial charge in [0, 0.05) is 12.1 Å². The number of para-hydroxylation sites is 2. The van der Waals surface area contributed by atoms with Gasteiger partial charge in [-0.25, -0.2) is 4.98 Å². The lowest BCUT2D eigenvalue weighted by molar-refractivity contribution is -0.384. The Morgan fingerprint density at radius 3 is 2.61 bits per heavy atom. The molecule has 0 fully saturated rings. The molecule has 0 aliphatic carbocycles. The molecule has 8 nitrogen and oxygen atoms in total. The number of anilines is 1. The first-order valence-corrected chi connectivity index (χ1v) is 11.2. The van der Waals surface area contributed by atoms with E-state index in [1.807, 2.05) is 31.2 Å². The van der Waals surface area contributed by atoms with Gasteiger partial charge >= 0.3 is 0 Å². The van der Waals surface area contributed by atoms with Gasteiger partial charge in [-0.15, -0.1) is 0 Å². The Bertz CT molecular complexity index is 1450. The Hall–Kier alpha value is -3.69. The maximum absolute atomic E-state index is 13.3. The van der Waals surface area contributed by atoms with E-state index >= 15 is 0 Å². The lowest BCUT2D eigenvalue weighted by Crippen LogP contribution is -2.23. The van der Waals surface area contributed by atoms with E-state index < -0.39 is 10.8 Å². The van der Waals surface area contributed by atoms with Crippen LogP contribution in [0.2, 0.25) is 5.02 Å². The fourth-order valence-corrected chi connectivity index (χ4v) is 4.30. The molecule has 0 atom stereocenters. The zero-order valence-corrected chi connectivity index (χ0v) is 18.9. The standard InChI is InChI=1S/C23H17ClN4O4S/c1-14-6-2-5-9-20(14)27-22(30)16-7-3-4-8-18(16)26-23(27)33-13-21(29)25-19-11-10-15(28(31)32)12-17(19)24/h2-12H,13H2,1H3,(H,25,29). The molecular weight excluding hydrogens is 464 g/mol. The predicted molar refractivity (Wildman–Crippen MR) is 130 cm³/mol. The van der Waals surface area contributed by atoms with Crippen LogP contribution in [-0.4, -0.2) is 26.1 Å². The van der Waals surface area contributed by atoms with E-state index in [1.165, 1.54) is 22.8 Å². The topological polar surface area (TPSA) is 107 Å². The summed E-state index contributed by atoms with van der Waals surface area (Å²) in [6, 6.07) is 18.3. The van der Waals surface area contributed by atoms with Crippen LogP contribution in [0.5, 0.6) is 0 Å². The fourth-order valence-electron chi connectivity index (χ4n) is 3.27. The van der Waals surface area contributed by atoms with Crippen molar-refractivity contribution in [2.75, 3.05) is 11.1 Å². The number of carbonyl (C=O) groups is 1. The SMILES string of the molecule is Cc1ccccc1-n1c(SCC(=O)Nc2ccc([N+](=O)[O-])cc2Cl)nc2ccccc2c1=O. The number of amides is 1. The Morgan fingerprint density at radius 1 is 1.15 bits per heavy atom. The number of rotatable bonds is 6. The number of aryl methyl sites for hydroxylation is 1. The van der Waals surface area contributed by atoms with Gasteiger partial charge in [0.05, 0.1) is 38.0 Å².